The van der Waals surface area contributed by atoms with Crippen LogP contribution in [0.15, 0.2) is 204 Å². The summed E-state index contributed by atoms with van der Waals surface area (Å²) in [5.74, 6) is 2.72. The fraction of sp³-hybridized carbons (Fsp3) is 0.340. The molecule has 120 heavy (non-hydrogen) atoms. The maximum Gasteiger partial charge on any atom is 0.0704 e. The van der Waals surface area contributed by atoms with E-state index in [4.69, 9.17) is 49.9 Å². The molecule has 0 atom stereocenters. The third-order valence-corrected chi connectivity index (χ3v) is 26.4. The second-order valence-corrected chi connectivity index (χ2v) is 34.1. The first-order valence-corrected chi connectivity index (χ1v) is 44.6. The molecule has 6 aromatic heterocycles. The van der Waals surface area contributed by atoms with Crippen molar-refractivity contribution in [1.82, 2.24) is 39.9 Å². The van der Waals surface area contributed by atoms with Gasteiger partial charge < -0.3 is 30.6 Å². The number of hydrogen-bond donors (Lipinski definition) is 0. The van der Waals surface area contributed by atoms with Crippen LogP contribution < -0.4 is 19.9 Å². The van der Waals surface area contributed by atoms with Gasteiger partial charge in [-0.05, 0) is 228 Å². The molecule has 0 radical (unpaired) electrons. The van der Waals surface area contributed by atoms with Gasteiger partial charge in [0.2, 0.25) is 0 Å². The van der Waals surface area contributed by atoms with Crippen molar-refractivity contribution in [3.8, 4) is 44.5 Å². The molecule has 14 heteroatoms. The molecule has 6 aliphatic heterocycles. The van der Waals surface area contributed by atoms with Crippen molar-refractivity contribution in [1.29, 1.82) is 0 Å². The third-order valence-electron chi connectivity index (χ3n) is 26.4. The van der Waals surface area contributed by atoms with Gasteiger partial charge in [-0.1, -0.05) is 272 Å². The smallest absolute Gasteiger partial charge is 0.0704 e. The Labute approximate surface area is 733 Å². The Kier molecular flexibility index (Phi) is 26.8. The van der Waals surface area contributed by atoms with Crippen LogP contribution in [-0.4, -0.2) is 64.1 Å². The summed E-state index contributed by atoms with van der Waals surface area (Å²) in [7, 11) is 0. The van der Waals surface area contributed by atoms with E-state index in [1.165, 1.54) is 195 Å². The van der Waals surface area contributed by atoms with Gasteiger partial charge in [0.15, 0.2) is 0 Å². The van der Waals surface area contributed by atoms with E-state index in [2.05, 4.69) is 217 Å². The number of allylic oxidation sites excluding steroid dienone is 2. The predicted octanol–water partition coefficient (Wildman–Crippen LogP) is 26.7. The molecule has 12 heterocycles. The second kappa shape index (κ2) is 39.2. The van der Waals surface area contributed by atoms with Crippen LogP contribution in [0.5, 0.6) is 0 Å². The van der Waals surface area contributed by atoms with E-state index in [0.29, 0.717) is 41.7 Å². The minimum absolute atomic E-state index is 0. The largest absolute Gasteiger partial charge is 0.687 e. The Morgan fingerprint density at radius 3 is 0.875 bits per heavy atom. The van der Waals surface area contributed by atoms with Gasteiger partial charge in [0.05, 0.1) is 51.6 Å². The Morgan fingerprint density at radius 2 is 0.567 bits per heavy atom. The topological polar surface area (TPSA) is 161 Å². The zero-order valence-electron chi connectivity index (χ0n) is 69.5. The Hall–Kier alpha value is -10.1. The fourth-order valence-corrected chi connectivity index (χ4v) is 20.3. The fourth-order valence-electron chi connectivity index (χ4n) is 20.3. The maximum absolute atomic E-state index is 5.57. The van der Waals surface area contributed by atoms with Gasteiger partial charge in [0.25, 0.3) is 0 Å². The van der Waals surface area contributed by atoms with Crippen LogP contribution in [0.1, 0.15) is 258 Å². The summed E-state index contributed by atoms with van der Waals surface area (Å²) in [6.07, 6.45) is 60.7. The van der Waals surface area contributed by atoms with E-state index in [0.717, 1.165) is 154 Å². The molecule has 16 bridgehead atoms. The van der Waals surface area contributed by atoms with Crippen molar-refractivity contribution >= 4 is 105 Å². The number of nitrogens with zero attached hydrogens (tertiary/aromatic N) is 12. The molecule has 11 aliphatic rings. The molecular weight excluding hydrogens is 1570 g/mol. The van der Waals surface area contributed by atoms with Crippen molar-refractivity contribution in [3.05, 3.63) is 272 Å². The molecule has 5 aliphatic carbocycles. The van der Waals surface area contributed by atoms with E-state index in [1.807, 2.05) is 42.8 Å². The first kappa shape index (κ1) is 82.2. The molecule has 12 nitrogen and oxygen atoms in total. The maximum atomic E-state index is 5.57. The van der Waals surface area contributed by atoms with Crippen molar-refractivity contribution in [2.45, 2.75) is 203 Å². The van der Waals surface area contributed by atoms with Gasteiger partial charge in [-0.25, -0.2) is 19.9 Å². The number of hydrogen-bond acceptors (Lipinski definition) is 6. The Morgan fingerprint density at radius 1 is 0.283 bits per heavy atom. The standard InChI is InChI=1S/C44H52N4.C44H28N4.C18H26N4.2Zn/c2*1-5-13-29(14-6-1)41-33-21-23-35(45-33)42(30-15-7-2-8-16-30)37-25-27-39(47-37)44(32-19-11-4-12-20-32)40-28-26-38(48-40)43(31-17-9-3-10-18-31)36-24-22-34(41)46-36;1-2-18(22-14-16-7-11-20-12-8-16)4-3-17(1)21-13-15-5-9-19-10-6-15;;/h21-32H,1-20H2;1-28H;5-6,9,13-14,16-18H,1-4,7-8,10-12H2;;/q3*-2;;. The molecule has 21 rings (SSSR count). The van der Waals surface area contributed by atoms with Gasteiger partial charge in [-0.3, -0.25) is 9.98 Å². The van der Waals surface area contributed by atoms with Gasteiger partial charge in [0, 0.05) is 57.4 Å². The van der Waals surface area contributed by atoms with Gasteiger partial charge in [-0.15, -0.1) is 63.8 Å². The molecule has 1 saturated heterocycles. The Balaban J connectivity index is 0.000000136. The van der Waals surface area contributed by atoms with Crippen LogP contribution in [-0.2, 0) is 39.0 Å². The van der Waals surface area contributed by atoms with Crippen molar-refractivity contribution in [2.75, 3.05) is 19.6 Å². The number of aliphatic imine (C=N–C) groups is 2. The van der Waals surface area contributed by atoms with Crippen molar-refractivity contribution in [2.24, 2.45) is 15.9 Å². The van der Waals surface area contributed by atoms with E-state index in [-0.39, 0.29) is 39.0 Å². The monoisotopic (exact) mass is 1670 g/mol. The zero-order chi connectivity index (χ0) is 78.8. The van der Waals surface area contributed by atoms with Crippen LogP contribution in [0.3, 0.4) is 0 Å². The summed E-state index contributed by atoms with van der Waals surface area (Å²) in [5.41, 5.74) is 30.9. The SMILES string of the molecule is C1=CC(C=NC2CCC(N=CC3CC[N-]CC3)CC2)=CC[N-]1.C1=Cc2nc1c(-c1ccccc1)c1ccc([n-]1)c(-c1ccccc1)c1nc(c(-c3ccccc3)c3ccc([n-]3)c2-c2ccccc2)C=C1.C1=Cc2nc1c(C1CCCCC1)c1ccc([n-]1)c(C1CCCCC1)c1nc(c(C3CCCCC3)c3ccc([n-]3)c2C2CCCCC2)C=C1.[Zn].[Zn]. The van der Waals surface area contributed by atoms with E-state index < -0.39 is 0 Å². The van der Waals surface area contributed by atoms with E-state index in [9.17, 15) is 0 Å². The van der Waals surface area contributed by atoms with Crippen LogP contribution in [0, 0.1) is 5.92 Å². The first-order chi connectivity index (χ1) is 58.5. The summed E-state index contributed by atoms with van der Waals surface area (Å²) in [5, 5.41) is 8.55. The number of benzene rings is 4. The number of aromatic nitrogens is 8. The van der Waals surface area contributed by atoms with Crippen molar-refractivity contribution < 1.29 is 39.0 Å². The molecule has 5 saturated carbocycles. The van der Waals surface area contributed by atoms with Crippen molar-refractivity contribution in [3.63, 3.8) is 0 Å². The predicted molar refractivity (Wildman–Crippen MR) is 493 cm³/mol. The Bertz CT molecular complexity index is 5240. The zero-order valence-corrected chi connectivity index (χ0v) is 75.4. The second-order valence-electron chi connectivity index (χ2n) is 34.1. The molecule has 4 aromatic carbocycles. The average molecular weight is 1680 g/mol. The molecule has 0 spiro atoms. The molecule has 0 N–H and O–H groups in total. The van der Waals surface area contributed by atoms with Crippen LogP contribution in [0.25, 0.3) is 148 Å². The molecular formula is C106H106N12Zn2-6. The molecule has 10 aromatic rings. The number of rotatable bonds is 12. The third kappa shape index (κ3) is 18.5. The first-order valence-electron chi connectivity index (χ1n) is 44.6. The summed E-state index contributed by atoms with van der Waals surface area (Å²) < 4.78 is 0. The average Bonchev–Trinajstić information content (AvgIpc) is 1.62. The van der Waals surface area contributed by atoms with Gasteiger partial charge in [0.1, 0.15) is 0 Å². The van der Waals surface area contributed by atoms with Crippen LogP contribution in [0.4, 0.5) is 0 Å². The summed E-state index contributed by atoms with van der Waals surface area (Å²) in [4.78, 5) is 53.1. The molecule has 0 amide bonds. The molecule has 6 fully saturated rings. The summed E-state index contributed by atoms with van der Waals surface area (Å²) in [6, 6.07) is 60.3. The van der Waals surface area contributed by atoms with Crippen LogP contribution >= 0.6 is 0 Å². The van der Waals surface area contributed by atoms with Gasteiger partial charge in [-0.2, -0.15) is 6.20 Å². The molecule has 600 valence electrons. The minimum atomic E-state index is 0. The normalized spacial score (nSPS) is 19.1. The van der Waals surface area contributed by atoms with E-state index >= 15 is 0 Å². The van der Waals surface area contributed by atoms with E-state index in [1.54, 1.807) is 0 Å². The van der Waals surface area contributed by atoms with Crippen LogP contribution in [0.2, 0.25) is 0 Å². The molecule has 0 unspecified atom stereocenters. The number of fused-ring (bicyclic) bond motifs is 16. The summed E-state index contributed by atoms with van der Waals surface area (Å²) >= 11 is 0. The number of piperidine rings is 1. The summed E-state index contributed by atoms with van der Waals surface area (Å²) in [6.45, 7) is 2.83. The van der Waals surface area contributed by atoms with Gasteiger partial charge >= 0.3 is 0 Å². The quantitative estimate of drug-likeness (QED) is 0.0863. The minimum Gasteiger partial charge on any atom is -0.687 e.